The Morgan fingerprint density at radius 1 is 0.680 bits per heavy atom. The normalized spacial score (nSPS) is 16.9. The van der Waals surface area contributed by atoms with E-state index in [1.165, 1.54) is 16.6 Å². The van der Waals surface area contributed by atoms with Crippen molar-refractivity contribution >= 4 is 28.4 Å². The maximum atomic E-state index is 9.94. The van der Waals surface area contributed by atoms with E-state index in [1.54, 1.807) is 0 Å². The number of aryl methyl sites for hydroxylation is 1. The van der Waals surface area contributed by atoms with Crippen molar-refractivity contribution in [2.75, 3.05) is 4.90 Å². The third-order valence-electron chi connectivity index (χ3n) is 10.3. The molecule has 1 aromatic heterocycles. The molecule has 0 N–H and O–H groups in total. The van der Waals surface area contributed by atoms with Gasteiger partial charge in [-0.25, -0.2) is 0 Å². The molecular weight excluding hydrogens is 611 g/mol. The monoisotopic (exact) mass is 639 g/mol. The van der Waals surface area contributed by atoms with E-state index in [1.807, 2.05) is 36.4 Å². The number of hydrogen-bond acceptors (Lipinski definition) is 4. The number of allylic oxidation sites excluding steroid dienone is 3. The van der Waals surface area contributed by atoms with Crippen molar-refractivity contribution in [3.63, 3.8) is 0 Å². The second-order valence-corrected chi connectivity index (χ2v) is 13.0. The number of hydrogen-bond donors (Lipinski definition) is 0. The minimum absolute atomic E-state index is 0.0223. The van der Waals surface area contributed by atoms with E-state index in [2.05, 4.69) is 131 Å². The summed E-state index contributed by atoms with van der Waals surface area (Å²) < 4.78 is 2.32. The van der Waals surface area contributed by atoms with E-state index in [9.17, 15) is 15.8 Å². The van der Waals surface area contributed by atoms with Gasteiger partial charge in [-0.15, -0.1) is 0 Å². The van der Waals surface area contributed by atoms with Crippen LogP contribution in [0.1, 0.15) is 40.3 Å². The molecule has 1 aliphatic heterocycles. The second kappa shape index (κ2) is 11.7. The number of nitrogens with zero attached hydrogens (tertiary/aromatic N) is 5. The number of aromatic nitrogens is 1. The molecular formula is C45H29N5. The molecule has 2 atom stereocenters. The third-order valence-corrected chi connectivity index (χ3v) is 10.3. The molecule has 5 aromatic carbocycles. The Morgan fingerprint density at radius 3 is 2.36 bits per heavy atom. The van der Waals surface area contributed by atoms with E-state index in [4.69, 9.17) is 0 Å². The summed E-state index contributed by atoms with van der Waals surface area (Å²) in [6.45, 7) is 0. The van der Waals surface area contributed by atoms with E-state index < -0.39 is 0 Å². The van der Waals surface area contributed by atoms with Crippen molar-refractivity contribution in [2.45, 2.75) is 24.8 Å². The SMILES string of the molecule is N#CC1=CC2c3c(C#N)cccc3N(c3ccc(-c4cccc(-c5ccc(C#N)cc5-n5c6c(c7ccccc75)CCC=C6)c4)cc3)C2C=C1. The highest BCUT2D eigenvalue weighted by molar-refractivity contribution is 5.93. The number of rotatable bonds is 4. The Labute approximate surface area is 290 Å². The van der Waals surface area contributed by atoms with Crippen molar-refractivity contribution in [2.24, 2.45) is 0 Å². The first-order valence-electron chi connectivity index (χ1n) is 16.8. The number of anilines is 2. The summed E-state index contributed by atoms with van der Waals surface area (Å²) in [7, 11) is 0. The van der Waals surface area contributed by atoms with Gasteiger partial charge in [0.15, 0.2) is 0 Å². The molecule has 5 heteroatoms. The molecule has 5 nitrogen and oxygen atoms in total. The molecule has 2 heterocycles. The first-order valence-corrected chi connectivity index (χ1v) is 16.8. The minimum atomic E-state index is -0.0722. The zero-order valence-corrected chi connectivity index (χ0v) is 27.1. The minimum Gasteiger partial charge on any atom is -0.333 e. The fraction of sp³-hybridized carbons (Fsp3) is 0.0889. The van der Waals surface area contributed by atoms with E-state index in [-0.39, 0.29) is 12.0 Å². The van der Waals surface area contributed by atoms with Gasteiger partial charge in [-0.2, -0.15) is 15.8 Å². The van der Waals surface area contributed by atoms with Crippen molar-refractivity contribution in [3.05, 3.63) is 167 Å². The van der Waals surface area contributed by atoms with Crippen LogP contribution in [0, 0.1) is 34.0 Å². The first kappa shape index (κ1) is 29.3. The lowest BCUT2D eigenvalue weighted by atomic mass is 9.86. The van der Waals surface area contributed by atoms with Crippen LogP contribution in [0.25, 0.3) is 44.9 Å². The van der Waals surface area contributed by atoms with Crippen molar-refractivity contribution < 1.29 is 0 Å². The lowest BCUT2D eigenvalue weighted by Crippen LogP contribution is -2.29. The van der Waals surface area contributed by atoms with Gasteiger partial charge in [-0.1, -0.05) is 78.9 Å². The summed E-state index contributed by atoms with van der Waals surface area (Å²) in [5.41, 5.74) is 13.9. The standard InChI is InChI=1S/C45H29N5/c46-26-29-16-22-42-39(23-29)45-34(28-48)9-6-14-43(45)49(42)35-19-17-31(18-20-35)32-7-5-8-33(25-32)36-21-15-30(27-47)24-44(36)50-40-12-3-1-10-37(40)38-11-2-4-13-41(38)50/h1,3-10,12-25,39,42H,2,11H2. The van der Waals surface area contributed by atoms with Crippen LogP contribution in [-0.2, 0) is 6.42 Å². The molecule has 0 saturated carbocycles. The van der Waals surface area contributed by atoms with Crippen LogP contribution < -0.4 is 4.90 Å². The van der Waals surface area contributed by atoms with Gasteiger partial charge < -0.3 is 9.47 Å². The highest BCUT2D eigenvalue weighted by atomic mass is 15.2. The van der Waals surface area contributed by atoms with Crippen molar-refractivity contribution in [1.29, 1.82) is 15.8 Å². The molecule has 9 rings (SSSR count). The second-order valence-electron chi connectivity index (χ2n) is 13.0. The molecule has 0 radical (unpaired) electrons. The molecule has 0 amide bonds. The van der Waals surface area contributed by atoms with Gasteiger partial charge in [0.05, 0.1) is 46.6 Å². The molecule has 0 saturated heterocycles. The van der Waals surface area contributed by atoms with E-state index >= 15 is 0 Å². The fourth-order valence-electron chi connectivity index (χ4n) is 8.09. The largest absolute Gasteiger partial charge is 0.333 e. The molecule has 0 bridgehead atoms. The summed E-state index contributed by atoms with van der Waals surface area (Å²) in [6, 6.07) is 44.6. The van der Waals surface area contributed by atoms with Gasteiger partial charge in [0.1, 0.15) is 0 Å². The number of nitriles is 3. The Bertz CT molecular complexity index is 2590. The quantitative estimate of drug-likeness (QED) is 0.192. The molecule has 0 spiro atoms. The summed E-state index contributed by atoms with van der Waals surface area (Å²) in [5.74, 6) is -0.0722. The maximum Gasteiger partial charge on any atom is 0.0995 e. The highest BCUT2D eigenvalue weighted by Crippen LogP contribution is 2.50. The topological polar surface area (TPSA) is 79.5 Å². The average molecular weight is 640 g/mol. The molecule has 50 heavy (non-hydrogen) atoms. The van der Waals surface area contributed by atoms with Crippen LogP contribution in [0.15, 0.2) is 139 Å². The zero-order valence-electron chi connectivity index (χ0n) is 27.1. The predicted molar refractivity (Wildman–Crippen MR) is 199 cm³/mol. The zero-order chi connectivity index (χ0) is 33.8. The number of para-hydroxylation sites is 1. The predicted octanol–water partition coefficient (Wildman–Crippen LogP) is 10.3. The van der Waals surface area contributed by atoms with Crippen LogP contribution in [0.5, 0.6) is 0 Å². The third kappa shape index (κ3) is 4.51. The Morgan fingerprint density at radius 2 is 1.52 bits per heavy atom. The Hall–Kier alpha value is -6.87. The molecule has 0 fully saturated rings. The molecule has 3 aliphatic rings. The van der Waals surface area contributed by atoms with Crippen LogP contribution in [0.2, 0.25) is 0 Å². The summed E-state index contributed by atoms with van der Waals surface area (Å²) >= 11 is 0. The summed E-state index contributed by atoms with van der Waals surface area (Å²) in [6.07, 6.45) is 12.4. The molecule has 6 aromatic rings. The fourth-order valence-corrected chi connectivity index (χ4v) is 8.09. The highest BCUT2D eigenvalue weighted by Gasteiger charge is 2.40. The molecule has 234 valence electrons. The van der Waals surface area contributed by atoms with Crippen LogP contribution in [0.4, 0.5) is 11.4 Å². The first-order chi connectivity index (χ1) is 24.7. The lowest BCUT2D eigenvalue weighted by molar-refractivity contribution is 0.740. The Kier molecular flexibility index (Phi) is 6.84. The van der Waals surface area contributed by atoms with Crippen molar-refractivity contribution in [1.82, 2.24) is 4.57 Å². The number of benzene rings is 5. The molecule has 2 unspecified atom stereocenters. The van der Waals surface area contributed by atoms with E-state index in [0.29, 0.717) is 16.7 Å². The van der Waals surface area contributed by atoms with Crippen molar-refractivity contribution in [3.8, 4) is 46.1 Å². The van der Waals surface area contributed by atoms with Gasteiger partial charge in [-0.05, 0) is 95.8 Å². The van der Waals surface area contributed by atoms with Gasteiger partial charge in [0.2, 0.25) is 0 Å². The van der Waals surface area contributed by atoms with Gasteiger partial charge >= 0.3 is 0 Å². The number of fused-ring (bicyclic) bond motifs is 6. The average Bonchev–Trinajstić information content (AvgIpc) is 3.70. The molecule has 2 aliphatic carbocycles. The van der Waals surface area contributed by atoms with Gasteiger partial charge in [0.25, 0.3) is 0 Å². The maximum absolute atomic E-state index is 9.94. The van der Waals surface area contributed by atoms with Gasteiger partial charge in [-0.3, -0.25) is 0 Å². The van der Waals surface area contributed by atoms with Crippen LogP contribution in [0.3, 0.4) is 0 Å². The van der Waals surface area contributed by atoms with Crippen LogP contribution >= 0.6 is 0 Å². The van der Waals surface area contributed by atoms with E-state index in [0.717, 1.165) is 63.2 Å². The lowest BCUT2D eigenvalue weighted by Gasteiger charge is -2.29. The summed E-state index contributed by atoms with van der Waals surface area (Å²) in [4.78, 5) is 2.28. The van der Waals surface area contributed by atoms with Gasteiger partial charge in [0, 0.05) is 45.1 Å². The summed E-state index contributed by atoms with van der Waals surface area (Å²) in [5, 5.41) is 30.7. The van der Waals surface area contributed by atoms with Crippen LogP contribution in [-0.4, -0.2) is 10.6 Å². The Balaban J connectivity index is 1.12. The smallest absolute Gasteiger partial charge is 0.0995 e.